The molecule has 1 saturated heterocycles. The van der Waals surface area contributed by atoms with Gasteiger partial charge < -0.3 is 9.64 Å². The van der Waals surface area contributed by atoms with Gasteiger partial charge >= 0.3 is 0 Å². The summed E-state index contributed by atoms with van der Waals surface area (Å²) in [6, 6.07) is 5.29. The second-order valence-corrected chi connectivity index (χ2v) is 9.86. The van der Waals surface area contributed by atoms with Crippen LogP contribution in [0.2, 0.25) is 0 Å². The topological polar surface area (TPSA) is 75.7 Å². The molecule has 1 aromatic carbocycles. The maximum absolute atomic E-state index is 13.1. The fraction of sp³-hybridized carbons (Fsp3) is 0.650. The number of fused-ring (bicyclic) bond motifs is 2. The number of carbonyl (C=O) groups excluding carboxylic acids is 1. The lowest BCUT2D eigenvalue weighted by molar-refractivity contribution is 0.0548. The van der Waals surface area contributed by atoms with Gasteiger partial charge in [-0.05, 0) is 50.3 Å². The van der Waals surface area contributed by atoms with Gasteiger partial charge in [0.2, 0.25) is 10.0 Å². The average Bonchev–Trinajstić information content (AvgIpc) is 2.68. The molecule has 0 spiro atoms. The maximum atomic E-state index is 13.1. The third kappa shape index (κ3) is 3.93. The Morgan fingerprint density at radius 3 is 2.59 bits per heavy atom. The van der Waals surface area contributed by atoms with Crippen molar-refractivity contribution in [3.8, 4) is 5.75 Å². The third-order valence-corrected chi connectivity index (χ3v) is 7.93. The number of hydrogen-bond acceptors (Lipinski definition) is 4. The van der Waals surface area contributed by atoms with Crippen LogP contribution in [0, 0.1) is 0 Å². The van der Waals surface area contributed by atoms with Crippen LogP contribution in [0.15, 0.2) is 18.2 Å². The molecule has 6 nitrogen and oxygen atoms in total. The first-order valence-electron chi connectivity index (χ1n) is 10.1. The summed E-state index contributed by atoms with van der Waals surface area (Å²) in [4.78, 5) is 15.1. The largest absolute Gasteiger partial charge is 0.493 e. The van der Waals surface area contributed by atoms with Crippen LogP contribution in [0.5, 0.6) is 5.75 Å². The van der Waals surface area contributed by atoms with Gasteiger partial charge in [-0.15, -0.1) is 0 Å². The SMILES string of the molecule is O=C1c2cc(NS(=O)(=O)C3CCCCC3)ccc2OCCC2CCCCN12. The van der Waals surface area contributed by atoms with Gasteiger partial charge in [0.15, 0.2) is 0 Å². The molecule has 1 amide bonds. The molecule has 1 saturated carbocycles. The lowest BCUT2D eigenvalue weighted by atomic mass is 9.97. The number of ether oxygens (including phenoxy) is 1. The van der Waals surface area contributed by atoms with E-state index in [0.29, 0.717) is 36.4 Å². The fourth-order valence-corrected chi connectivity index (χ4v) is 6.11. The lowest BCUT2D eigenvalue weighted by Crippen LogP contribution is -2.45. The van der Waals surface area contributed by atoms with E-state index in [9.17, 15) is 13.2 Å². The van der Waals surface area contributed by atoms with Crippen LogP contribution in [0.3, 0.4) is 0 Å². The standard InChI is InChI=1S/C20H28N2O4S/c23-20-18-14-15(21-27(24,25)17-7-2-1-3-8-17)9-10-19(18)26-13-11-16-6-4-5-12-22(16)20/h9-10,14,16-17,21H,1-8,11-13H2. The number of benzene rings is 1. The molecule has 0 bridgehead atoms. The minimum absolute atomic E-state index is 0.0480. The number of anilines is 1. The lowest BCUT2D eigenvalue weighted by Gasteiger charge is -2.37. The zero-order valence-corrected chi connectivity index (χ0v) is 16.5. The van der Waals surface area contributed by atoms with Crippen molar-refractivity contribution in [1.82, 2.24) is 4.90 Å². The number of hydrogen-bond donors (Lipinski definition) is 1. The van der Waals surface area contributed by atoms with Gasteiger partial charge in [-0.1, -0.05) is 19.3 Å². The summed E-state index contributed by atoms with van der Waals surface area (Å²) in [5, 5.41) is -0.341. The van der Waals surface area contributed by atoms with Gasteiger partial charge in [0.05, 0.1) is 17.4 Å². The summed E-state index contributed by atoms with van der Waals surface area (Å²) < 4.78 is 34.0. The minimum atomic E-state index is -3.44. The van der Waals surface area contributed by atoms with E-state index in [1.54, 1.807) is 18.2 Å². The Bertz CT molecular complexity index is 802. The van der Waals surface area contributed by atoms with Crippen molar-refractivity contribution in [2.45, 2.75) is 69.1 Å². The Morgan fingerprint density at radius 1 is 1.00 bits per heavy atom. The molecular formula is C20H28N2O4S. The molecule has 3 aliphatic rings. The Hall–Kier alpha value is -1.76. The number of rotatable bonds is 3. The number of nitrogens with zero attached hydrogens (tertiary/aromatic N) is 1. The van der Waals surface area contributed by atoms with Crippen LogP contribution < -0.4 is 9.46 Å². The van der Waals surface area contributed by atoms with Crippen LogP contribution in [-0.4, -0.2) is 43.7 Å². The first-order valence-corrected chi connectivity index (χ1v) is 11.7. The summed E-state index contributed by atoms with van der Waals surface area (Å²) >= 11 is 0. The smallest absolute Gasteiger partial charge is 0.257 e. The zero-order valence-electron chi connectivity index (χ0n) is 15.7. The van der Waals surface area contributed by atoms with Crippen molar-refractivity contribution in [3.63, 3.8) is 0 Å². The molecule has 1 aromatic rings. The third-order valence-electron chi connectivity index (χ3n) is 6.06. The number of amides is 1. The highest BCUT2D eigenvalue weighted by atomic mass is 32.2. The molecule has 2 fully saturated rings. The van der Waals surface area contributed by atoms with Crippen LogP contribution in [-0.2, 0) is 10.0 Å². The van der Waals surface area contributed by atoms with Gasteiger partial charge in [-0.2, -0.15) is 0 Å². The second-order valence-electron chi connectivity index (χ2n) is 7.90. The average molecular weight is 393 g/mol. The van der Waals surface area contributed by atoms with E-state index in [0.717, 1.165) is 51.5 Å². The van der Waals surface area contributed by atoms with Crippen molar-refractivity contribution >= 4 is 21.6 Å². The zero-order chi connectivity index (χ0) is 18.9. The summed E-state index contributed by atoms with van der Waals surface area (Å²) in [5.41, 5.74) is 0.913. The van der Waals surface area contributed by atoms with E-state index < -0.39 is 10.0 Å². The molecule has 2 heterocycles. The highest BCUT2D eigenvalue weighted by Crippen LogP contribution is 2.32. The molecule has 1 unspecified atom stereocenters. The first-order chi connectivity index (χ1) is 13.0. The van der Waals surface area contributed by atoms with Crippen molar-refractivity contribution in [3.05, 3.63) is 23.8 Å². The number of sulfonamides is 1. The molecule has 1 N–H and O–H groups in total. The van der Waals surface area contributed by atoms with Gasteiger partial charge in [-0.25, -0.2) is 8.42 Å². The van der Waals surface area contributed by atoms with Crippen LogP contribution in [0.1, 0.15) is 68.1 Å². The highest BCUT2D eigenvalue weighted by Gasteiger charge is 2.32. The van der Waals surface area contributed by atoms with Crippen molar-refractivity contribution in [2.75, 3.05) is 17.9 Å². The normalized spacial score (nSPS) is 24.2. The van der Waals surface area contributed by atoms with Crippen molar-refractivity contribution < 1.29 is 17.9 Å². The summed E-state index contributed by atoms with van der Waals surface area (Å²) in [5.74, 6) is 0.498. The quantitative estimate of drug-likeness (QED) is 0.854. The number of nitrogens with one attached hydrogen (secondary N) is 1. The van der Waals surface area contributed by atoms with Gasteiger partial charge in [0.25, 0.3) is 5.91 Å². The van der Waals surface area contributed by atoms with Crippen molar-refractivity contribution in [2.24, 2.45) is 0 Å². The van der Waals surface area contributed by atoms with E-state index in [4.69, 9.17) is 4.74 Å². The summed E-state index contributed by atoms with van der Waals surface area (Å²) in [6.07, 6.45) is 8.45. The summed E-state index contributed by atoms with van der Waals surface area (Å²) in [7, 11) is -3.44. The molecule has 27 heavy (non-hydrogen) atoms. The Labute approximate surface area is 161 Å². The molecule has 0 radical (unpaired) electrons. The first kappa shape index (κ1) is 18.6. The maximum Gasteiger partial charge on any atom is 0.257 e. The number of piperidine rings is 1. The molecule has 4 rings (SSSR count). The van der Waals surface area contributed by atoms with Gasteiger partial charge in [0.1, 0.15) is 5.75 Å². The highest BCUT2D eigenvalue weighted by molar-refractivity contribution is 7.93. The molecule has 1 atom stereocenters. The molecule has 0 aromatic heterocycles. The molecular weight excluding hydrogens is 364 g/mol. The number of carbonyl (C=O) groups is 1. The van der Waals surface area contributed by atoms with Gasteiger partial charge in [-0.3, -0.25) is 9.52 Å². The Balaban J connectivity index is 1.59. The van der Waals surface area contributed by atoms with E-state index in [-0.39, 0.29) is 17.2 Å². The van der Waals surface area contributed by atoms with E-state index in [2.05, 4.69) is 4.72 Å². The Morgan fingerprint density at radius 2 is 1.78 bits per heavy atom. The Kier molecular flexibility index (Phi) is 5.30. The minimum Gasteiger partial charge on any atom is -0.493 e. The molecule has 1 aliphatic carbocycles. The van der Waals surface area contributed by atoms with Gasteiger partial charge in [0, 0.05) is 24.7 Å². The predicted molar refractivity (Wildman–Crippen MR) is 105 cm³/mol. The summed E-state index contributed by atoms with van der Waals surface area (Å²) in [6.45, 7) is 1.34. The van der Waals surface area contributed by atoms with Crippen LogP contribution in [0.25, 0.3) is 0 Å². The van der Waals surface area contributed by atoms with E-state index in [1.807, 2.05) is 4.90 Å². The van der Waals surface area contributed by atoms with E-state index >= 15 is 0 Å². The predicted octanol–water partition coefficient (Wildman–Crippen LogP) is 3.54. The second kappa shape index (κ2) is 7.70. The van der Waals surface area contributed by atoms with Crippen molar-refractivity contribution in [1.29, 1.82) is 0 Å². The molecule has 2 aliphatic heterocycles. The monoisotopic (exact) mass is 392 g/mol. The fourth-order valence-electron chi connectivity index (χ4n) is 4.54. The van der Waals surface area contributed by atoms with E-state index in [1.165, 1.54) is 0 Å². The molecule has 7 heteroatoms. The van der Waals surface area contributed by atoms with Crippen LogP contribution in [0.4, 0.5) is 5.69 Å². The molecule has 148 valence electrons. The van der Waals surface area contributed by atoms with Crippen LogP contribution >= 0.6 is 0 Å².